The number of hydrogen-bond acceptors (Lipinski definition) is 11. The highest BCUT2D eigenvalue weighted by atomic mass is 32.2. The lowest BCUT2D eigenvalue weighted by Gasteiger charge is -2.22. The highest BCUT2D eigenvalue weighted by Gasteiger charge is 2.28. The van der Waals surface area contributed by atoms with E-state index in [1.54, 1.807) is 12.1 Å². The van der Waals surface area contributed by atoms with E-state index >= 15 is 0 Å². The van der Waals surface area contributed by atoms with Gasteiger partial charge >= 0.3 is 5.97 Å². The summed E-state index contributed by atoms with van der Waals surface area (Å²) >= 11 is 0. The number of rotatable bonds is 12. The van der Waals surface area contributed by atoms with E-state index in [-0.39, 0.29) is 87.3 Å². The van der Waals surface area contributed by atoms with Crippen LogP contribution in [-0.2, 0) is 41.6 Å². The Morgan fingerprint density at radius 3 is 2.10 bits per heavy atom. The Morgan fingerprint density at radius 1 is 0.827 bits per heavy atom. The fraction of sp³-hybridized carbons (Fsp3) is 0.182. The van der Waals surface area contributed by atoms with Crippen LogP contribution < -0.4 is 11.1 Å². The molecule has 0 radical (unpaired) electrons. The number of nitrogen functional groups attached to an aromatic ring is 1. The van der Waals surface area contributed by atoms with Gasteiger partial charge in [0.25, 0.3) is 36.3 Å². The minimum Gasteiger partial charge on any atom is -0.481 e. The van der Waals surface area contributed by atoms with E-state index in [4.69, 9.17) is 15.3 Å². The summed E-state index contributed by atoms with van der Waals surface area (Å²) in [6.45, 7) is 0.00682. The Kier molecular flexibility index (Phi) is 10.6. The largest absolute Gasteiger partial charge is 0.481 e. The van der Waals surface area contributed by atoms with Gasteiger partial charge in [-0.2, -0.15) is 25.3 Å². The Bertz CT molecular complexity index is 2600. The Hall–Kier alpha value is -5.18. The molecule has 16 nitrogen and oxygen atoms in total. The number of carbonyl (C=O) groups is 2. The molecule has 3 aromatic rings. The van der Waals surface area contributed by atoms with Crippen LogP contribution in [0.15, 0.2) is 96.9 Å². The summed E-state index contributed by atoms with van der Waals surface area (Å²) in [7, 11) is -12.9. The molecular formula is C33H31N3O13S3. The molecule has 6 N–H and O–H groups in total. The first-order valence-electron chi connectivity index (χ1n) is 15.2. The van der Waals surface area contributed by atoms with Crippen LogP contribution in [0.2, 0.25) is 0 Å². The number of aliphatic carboxylic acids is 1. The van der Waals surface area contributed by atoms with Gasteiger partial charge in [-0.25, -0.2) is 0 Å². The summed E-state index contributed by atoms with van der Waals surface area (Å²) in [6.07, 6.45) is 0.132. The molecule has 0 saturated carbocycles. The van der Waals surface area contributed by atoms with Gasteiger partial charge in [0, 0.05) is 60.8 Å². The summed E-state index contributed by atoms with van der Waals surface area (Å²) in [5.41, 5.74) is 6.42. The van der Waals surface area contributed by atoms with Gasteiger partial charge < -0.3 is 20.2 Å². The second-order valence-electron chi connectivity index (χ2n) is 11.6. The third kappa shape index (κ3) is 8.30. The number of hydrogen-bond donors (Lipinski definition) is 5. The molecule has 0 bridgehead atoms. The lowest BCUT2D eigenvalue weighted by Crippen LogP contribution is -2.28. The monoisotopic (exact) mass is 773 g/mol. The zero-order chi connectivity index (χ0) is 38.2. The van der Waals surface area contributed by atoms with Crippen molar-refractivity contribution in [2.24, 2.45) is 4.99 Å². The van der Waals surface area contributed by atoms with Gasteiger partial charge in [-0.3, -0.25) is 28.2 Å². The number of amides is 1. The van der Waals surface area contributed by atoms with E-state index in [2.05, 4.69) is 4.99 Å². The third-order valence-electron chi connectivity index (χ3n) is 8.05. The van der Waals surface area contributed by atoms with E-state index in [9.17, 15) is 48.5 Å². The molecule has 52 heavy (non-hydrogen) atoms. The number of carboxylic acids is 1. The lowest BCUT2D eigenvalue weighted by atomic mass is 9.90. The summed E-state index contributed by atoms with van der Waals surface area (Å²) in [4.78, 5) is 28.7. The summed E-state index contributed by atoms with van der Waals surface area (Å²) < 4.78 is 108. The number of carboxylic acid groups (broad SMARTS) is 1. The number of carbonyl (C=O) groups excluding carboxylic acids is 1. The molecular weight excluding hydrogens is 743 g/mol. The molecule has 3 aromatic carbocycles. The first-order valence-corrected chi connectivity index (χ1v) is 19.5. The van der Waals surface area contributed by atoms with Crippen LogP contribution in [0, 0.1) is 0 Å². The summed E-state index contributed by atoms with van der Waals surface area (Å²) in [5, 5.41) is 8.79. The van der Waals surface area contributed by atoms with Crippen molar-refractivity contribution < 1.29 is 58.0 Å². The zero-order valence-corrected chi connectivity index (χ0v) is 29.6. The van der Waals surface area contributed by atoms with Crippen molar-refractivity contribution in [1.82, 2.24) is 4.90 Å². The minimum atomic E-state index is -5.00. The molecule has 1 aliphatic heterocycles. The number of fused-ring (bicyclic) bond motifs is 2. The van der Waals surface area contributed by atoms with Gasteiger partial charge in [0.1, 0.15) is 21.1 Å². The van der Waals surface area contributed by atoms with Crippen molar-refractivity contribution >= 4 is 58.9 Å². The topological polar surface area (TPSA) is 272 Å². The van der Waals surface area contributed by atoms with Crippen LogP contribution in [-0.4, -0.2) is 80.9 Å². The second kappa shape index (κ2) is 14.4. The second-order valence-corrected chi connectivity index (χ2v) is 15.9. The average molecular weight is 774 g/mol. The van der Waals surface area contributed by atoms with Crippen molar-refractivity contribution in [3.63, 3.8) is 0 Å². The van der Waals surface area contributed by atoms with Crippen molar-refractivity contribution in [3.8, 4) is 22.5 Å². The van der Waals surface area contributed by atoms with Crippen molar-refractivity contribution in [3.05, 3.63) is 89.3 Å². The lowest BCUT2D eigenvalue weighted by molar-refractivity contribution is -0.137. The summed E-state index contributed by atoms with van der Waals surface area (Å²) in [6, 6.07) is 15.7. The number of nitrogens with zero attached hydrogens (tertiary/aromatic N) is 2. The molecule has 1 heterocycles. The van der Waals surface area contributed by atoms with Gasteiger partial charge in [0.2, 0.25) is 0 Å². The Balaban J connectivity index is 1.75. The normalized spacial score (nSPS) is 12.7. The SMILES string of the molecule is CN(CCCC(=O)O)C(=O)c1ccccc1-c1c2cc(S(=O)(=O)O)c(=NCCc3ccc(S(=O)(=O)O)cc3)cc-2oc2cc(N)c(S(=O)(=O)O)cc12. The Morgan fingerprint density at radius 2 is 1.48 bits per heavy atom. The summed E-state index contributed by atoms with van der Waals surface area (Å²) in [5.74, 6) is -1.63. The first-order chi connectivity index (χ1) is 24.3. The van der Waals surface area contributed by atoms with Crippen molar-refractivity contribution in [1.29, 1.82) is 0 Å². The number of nitrogens with two attached hydrogens (primary N) is 1. The molecule has 0 saturated heterocycles. The fourth-order valence-electron chi connectivity index (χ4n) is 5.59. The maximum Gasteiger partial charge on any atom is 0.303 e. The minimum absolute atomic E-state index is 0.0116. The molecule has 5 rings (SSSR count). The smallest absolute Gasteiger partial charge is 0.303 e. The molecule has 0 atom stereocenters. The van der Waals surface area contributed by atoms with Crippen molar-refractivity contribution in [2.75, 3.05) is 25.9 Å². The predicted octanol–water partition coefficient (Wildman–Crippen LogP) is 3.61. The van der Waals surface area contributed by atoms with Gasteiger partial charge in [0.05, 0.1) is 15.9 Å². The highest BCUT2D eigenvalue weighted by Crippen LogP contribution is 2.43. The maximum absolute atomic E-state index is 13.8. The third-order valence-corrected chi connectivity index (χ3v) is 10.7. The van der Waals surface area contributed by atoms with E-state index in [0.717, 1.165) is 18.2 Å². The average Bonchev–Trinajstić information content (AvgIpc) is 3.05. The molecule has 0 spiro atoms. The van der Waals surface area contributed by atoms with E-state index in [1.807, 2.05) is 0 Å². The van der Waals surface area contributed by atoms with Crippen LogP contribution in [0.5, 0.6) is 0 Å². The molecule has 1 amide bonds. The van der Waals surface area contributed by atoms with Crippen LogP contribution in [0.1, 0.15) is 28.8 Å². The Labute approximate surface area is 297 Å². The van der Waals surface area contributed by atoms with Gasteiger partial charge in [-0.1, -0.05) is 30.3 Å². The van der Waals surface area contributed by atoms with Crippen LogP contribution >= 0.6 is 0 Å². The first kappa shape index (κ1) is 38.1. The van der Waals surface area contributed by atoms with E-state index in [0.29, 0.717) is 5.56 Å². The molecule has 0 aromatic heterocycles. The van der Waals surface area contributed by atoms with Crippen LogP contribution in [0.25, 0.3) is 33.4 Å². The van der Waals surface area contributed by atoms with Crippen molar-refractivity contribution in [2.45, 2.75) is 33.9 Å². The van der Waals surface area contributed by atoms with Gasteiger partial charge in [0.15, 0.2) is 0 Å². The molecule has 2 aliphatic rings. The molecule has 0 unspecified atom stereocenters. The molecule has 274 valence electrons. The highest BCUT2D eigenvalue weighted by molar-refractivity contribution is 7.86. The standard InChI is InChI=1S/C33H31N3O13S3/c1-36(14-4-7-31(37)38)33(39)22-6-3-2-5-21(22)32-23-15-29(51(43,44)45)25(34)17-27(23)49-28-18-26(30(16-24(28)32)52(46,47)48)35-13-12-19-8-10-20(11-9-19)50(40,41)42/h2-3,5-6,8-11,15-18H,4,7,12-14,34H2,1H3,(H,37,38)(H,40,41,42)(H,43,44,45)(H,46,47,48). The molecule has 19 heteroatoms. The fourth-order valence-corrected chi connectivity index (χ4v) is 7.35. The van der Waals surface area contributed by atoms with Crippen LogP contribution in [0.4, 0.5) is 5.69 Å². The predicted molar refractivity (Wildman–Crippen MR) is 187 cm³/mol. The van der Waals surface area contributed by atoms with E-state index in [1.165, 1.54) is 54.4 Å². The number of anilines is 1. The maximum atomic E-state index is 13.8. The quantitative estimate of drug-likeness (QED) is 0.0689. The van der Waals surface area contributed by atoms with E-state index < -0.39 is 52.0 Å². The van der Waals surface area contributed by atoms with Gasteiger partial charge in [-0.15, -0.1) is 0 Å². The van der Waals surface area contributed by atoms with Gasteiger partial charge in [-0.05, 0) is 54.3 Å². The van der Waals surface area contributed by atoms with Crippen LogP contribution in [0.3, 0.4) is 0 Å². The number of benzene rings is 4. The molecule has 1 aliphatic carbocycles. The zero-order valence-electron chi connectivity index (χ0n) is 27.1. The molecule has 0 fully saturated rings.